The van der Waals surface area contributed by atoms with E-state index in [9.17, 15) is 19.5 Å². The number of thioether (sulfide) groups is 1. The first kappa shape index (κ1) is 28.7. The Balaban J connectivity index is 2.09. The first-order valence-electron chi connectivity index (χ1n) is 11.8. The van der Waals surface area contributed by atoms with Gasteiger partial charge in [-0.2, -0.15) is 0 Å². The molecule has 2 amide bonds. The average molecular weight is 542 g/mol. The summed E-state index contributed by atoms with van der Waals surface area (Å²) >= 11 is 1.10. The second-order valence-corrected chi connectivity index (χ2v) is 9.23. The molecule has 0 spiro atoms. The van der Waals surface area contributed by atoms with Crippen LogP contribution in [0.5, 0.6) is 17.2 Å². The molecule has 11 nitrogen and oxygen atoms in total. The zero-order chi connectivity index (χ0) is 27.7. The van der Waals surface area contributed by atoms with Crippen LogP contribution in [0.15, 0.2) is 52.4 Å². The van der Waals surface area contributed by atoms with E-state index in [1.165, 1.54) is 19.1 Å². The molecular weight excluding hydrogens is 510 g/mol. The van der Waals surface area contributed by atoms with E-state index in [-0.39, 0.29) is 40.3 Å². The zero-order valence-electron chi connectivity index (χ0n) is 21.1. The third-order valence-corrected chi connectivity index (χ3v) is 6.64. The lowest BCUT2D eigenvalue weighted by Gasteiger charge is -2.27. The second-order valence-electron chi connectivity index (χ2n) is 8.22. The Morgan fingerprint density at radius 3 is 2.39 bits per heavy atom. The van der Waals surface area contributed by atoms with Gasteiger partial charge in [0.2, 0.25) is 11.7 Å². The van der Waals surface area contributed by atoms with Crippen molar-refractivity contribution in [3.8, 4) is 17.2 Å². The molecule has 0 aliphatic carbocycles. The third kappa shape index (κ3) is 6.71. The van der Waals surface area contributed by atoms with Crippen molar-refractivity contribution >= 4 is 46.8 Å². The van der Waals surface area contributed by atoms with Crippen molar-refractivity contribution in [1.82, 2.24) is 10.2 Å². The van der Waals surface area contributed by atoms with E-state index >= 15 is 0 Å². The van der Waals surface area contributed by atoms with E-state index in [0.717, 1.165) is 11.8 Å². The number of phenolic OH excluding ortho intramolecular Hbond substituents is 1. The van der Waals surface area contributed by atoms with Crippen molar-refractivity contribution in [1.29, 1.82) is 0 Å². The molecule has 202 valence electrons. The number of nitrogens with one attached hydrogen (secondary N) is 1. The highest BCUT2D eigenvalue weighted by Gasteiger charge is 2.41. The average Bonchev–Trinajstić information content (AvgIpc) is 3.22. The molecule has 0 radical (unpaired) electrons. The van der Waals surface area contributed by atoms with Gasteiger partial charge in [0.05, 0.1) is 30.9 Å². The molecule has 0 unspecified atom stereocenters. The lowest BCUT2D eigenvalue weighted by Crippen LogP contribution is -2.53. The van der Waals surface area contributed by atoms with Crippen molar-refractivity contribution in [2.24, 2.45) is 16.5 Å². The number of nitrogens with two attached hydrogens (primary N) is 2. The number of amides is 2. The lowest BCUT2D eigenvalue weighted by molar-refractivity contribution is -0.134. The van der Waals surface area contributed by atoms with Gasteiger partial charge in [-0.3, -0.25) is 14.5 Å². The van der Waals surface area contributed by atoms with Crippen LogP contribution in [0.25, 0.3) is 6.08 Å². The van der Waals surface area contributed by atoms with Crippen molar-refractivity contribution < 1.29 is 29.0 Å². The molecule has 0 saturated carbocycles. The lowest BCUT2D eigenvalue weighted by atomic mass is 10.1. The number of aldehydes is 1. The molecule has 1 aliphatic heterocycles. The smallest absolute Gasteiger partial charge is 0.267 e. The number of methoxy groups -OCH3 is 2. The number of aliphatic imine (C=N–C) groups is 1. The van der Waals surface area contributed by atoms with Gasteiger partial charge in [0, 0.05) is 6.54 Å². The van der Waals surface area contributed by atoms with Crippen LogP contribution in [-0.4, -0.2) is 72.7 Å². The molecule has 6 N–H and O–H groups in total. The Kier molecular flexibility index (Phi) is 10.3. The van der Waals surface area contributed by atoms with Crippen molar-refractivity contribution in [2.45, 2.75) is 24.9 Å². The van der Waals surface area contributed by atoms with E-state index < -0.39 is 23.9 Å². The Labute approximate surface area is 224 Å². The van der Waals surface area contributed by atoms with Crippen LogP contribution >= 0.6 is 11.8 Å². The maximum absolute atomic E-state index is 13.8. The SMILES string of the molecule is COc1cc(/C=C2\SC(=Nc3ccccc3)N([C@@H](CCCN)C(=O)N[C@H](C=O)CN)C2=O)cc(OC)c1O. The first-order valence-corrected chi connectivity index (χ1v) is 12.7. The number of carbonyl (C=O) groups excluding carboxylic acids is 3. The summed E-state index contributed by atoms with van der Waals surface area (Å²) in [6.45, 7) is 0.218. The zero-order valence-corrected chi connectivity index (χ0v) is 21.9. The van der Waals surface area contributed by atoms with Gasteiger partial charge in [-0.25, -0.2) is 4.99 Å². The third-order valence-electron chi connectivity index (χ3n) is 5.66. The van der Waals surface area contributed by atoms with Gasteiger partial charge in [0.15, 0.2) is 16.7 Å². The van der Waals surface area contributed by atoms with Crippen LogP contribution < -0.4 is 26.3 Å². The van der Waals surface area contributed by atoms with Gasteiger partial charge in [-0.15, -0.1) is 0 Å². The highest BCUT2D eigenvalue weighted by molar-refractivity contribution is 8.18. The fourth-order valence-electron chi connectivity index (χ4n) is 3.72. The van der Waals surface area contributed by atoms with E-state index in [1.54, 1.807) is 30.3 Å². The number of rotatable bonds is 12. The molecular formula is C26H31N5O6S. The van der Waals surface area contributed by atoms with Crippen molar-refractivity contribution in [3.63, 3.8) is 0 Å². The summed E-state index contributed by atoms with van der Waals surface area (Å²) in [5.74, 6) is -0.820. The molecule has 1 saturated heterocycles. The molecule has 12 heteroatoms. The molecule has 2 aromatic carbocycles. The number of benzene rings is 2. The van der Waals surface area contributed by atoms with E-state index in [2.05, 4.69) is 10.3 Å². The van der Waals surface area contributed by atoms with Gasteiger partial charge in [-0.05, 0) is 67.1 Å². The fraction of sp³-hybridized carbons (Fsp3) is 0.308. The highest BCUT2D eigenvalue weighted by atomic mass is 32.2. The molecule has 0 aromatic heterocycles. The van der Waals surface area contributed by atoms with Gasteiger partial charge in [0.25, 0.3) is 5.91 Å². The molecule has 1 aliphatic rings. The van der Waals surface area contributed by atoms with Crippen LogP contribution in [0.2, 0.25) is 0 Å². The topological polar surface area (TPSA) is 170 Å². The molecule has 0 bridgehead atoms. The van der Waals surface area contributed by atoms with Crippen LogP contribution in [0.1, 0.15) is 18.4 Å². The summed E-state index contributed by atoms with van der Waals surface area (Å²) in [4.78, 5) is 44.6. The molecule has 3 rings (SSSR count). The maximum atomic E-state index is 13.8. The Bertz CT molecular complexity index is 1190. The minimum atomic E-state index is -0.982. The number of phenols is 1. The predicted molar refractivity (Wildman–Crippen MR) is 146 cm³/mol. The predicted octanol–water partition coefficient (Wildman–Crippen LogP) is 1.76. The molecule has 2 aromatic rings. The number of para-hydroxylation sites is 1. The number of hydrogen-bond acceptors (Lipinski definition) is 10. The molecule has 38 heavy (non-hydrogen) atoms. The fourth-order valence-corrected chi connectivity index (χ4v) is 4.75. The second kappa shape index (κ2) is 13.6. The normalized spacial score (nSPS) is 16.9. The van der Waals surface area contributed by atoms with Crippen molar-refractivity contribution in [2.75, 3.05) is 27.3 Å². The number of carbonyl (C=O) groups is 3. The monoisotopic (exact) mass is 541 g/mol. The van der Waals surface area contributed by atoms with Crippen molar-refractivity contribution in [3.05, 3.63) is 52.9 Å². The number of nitrogens with zero attached hydrogens (tertiary/aromatic N) is 2. The summed E-state index contributed by atoms with van der Waals surface area (Å²) in [6, 6.07) is 10.3. The number of hydrogen-bond donors (Lipinski definition) is 4. The molecule has 1 fully saturated rings. The Morgan fingerprint density at radius 1 is 1.18 bits per heavy atom. The van der Waals surface area contributed by atoms with Gasteiger partial charge in [0.1, 0.15) is 12.3 Å². The van der Waals surface area contributed by atoms with Crippen LogP contribution in [0.3, 0.4) is 0 Å². The largest absolute Gasteiger partial charge is 0.502 e. The van der Waals surface area contributed by atoms with E-state index in [4.69, 9.17) is 20.9 Å². The highest BCUT2D eigenvalue weighted by Crippen LogP contribution is 2.40. The molecule has 2 atom stereocenters. The van der Waals surface area contributed by atoms with Crippen LogP contribution in [0, 0.1) is 0 Å². The first-order chi connectivity index (χ1) is 18.4. The standard InChI is InChI=1S/C26H31N5O6S/c1-36-20-11-16(12-21(37-2)23(20)33)13-22-25(35)31(26(38-22)30-17-7-4-3-5-8-17)19(9-6-10-27)24(34)29-18(14-28)15-32/h3-5,7-8,11-13,15,18-19,33H,6,9-10,14,27-28H2,1-2H3,(H,29,34)/b22-13-,30-26?/t18-,19-/m0/s1. The van der Waals surface area contributed by atoms with Gasteiger partial charge < -0.3 is 36.2 Å². The van der Waals surface area contributed by atoms with E-state index in [1.807, 2.05) is 18.2 Å². The quantitative estimate of drug-likeness (QED) is 0.231. The maximum Gasteiger partial charge on any atom is 0.267 e. The van der Waals surface area contributed by atoms with Crippen LogP contribution in [-0.2, 0) is 14.4 Å². The number of amidine groups is 1. The Hall–Kier alpha value is -3.87. The molecule has 1 heterocycles. The van der Waals surface area contributed by atoms with Gasteiger partial charge in [-0.1, -0.05) is 18.2 Å². The summed E-state index contributed by atoms with van der Waals surface area (Å²) in [7, 11) is 2.81. The van der Waals surface area contributed by atoms with Gasteiger partial charge >= 0.3 is 0 Å². The summed E-state index contributed by atoms with van der Waals surface area (Å²) in [5.41, 5.74) is 12.4. The van der Waals surface area contributed by atoms with Crippen LogP contribution in [0.4, 0.5) is 5.69 Å². The number of aromatic hydroxyl groups is 1. The summed E-state index contributed by atoms with van der Waals surface area (Å²) in [6.07, 6.45) is 2.84. The number of ether oxygens (including phenoxy) is 2. The summed E-state index contributed by atoms with van der Waals surface area (Å²) in [5, 5.41) is 13.1. The van der Waals surface area contributed by atoms with E-state index in [0.29, 0.717) is 30.5 Å². The summed E-state index contributed by atoms with van der Waals surface area (Å²) < 4.78 is 10.4. The Morgan fingerprint density at radius 2 is 1.84 bits per heavy atom. The minimum Gasteiger partial charge on any atom is -0.502 e. The minimum absolute atomic E-state index is 0.0812.